The zero-order valence-electron chi connectivity index (χ0n) is 18.2. The lowest BCUT2D eigenvalue weighted by atomic mass is 10.2. The Morgan fingerprint density at radius 2 is 1.79 bits per heavy atom. The van der Waals surface area contributed by atoms with Crippen LogP contribution >= 0.6 is 0 Å². The molecule has 2 aromatic heterocycles. The van der Waals surface area contributed by atoms with Gasteiger partial charge in [-0.15, -0.1) is 5.10 Å². The average molecular weight is 498 g/mol. The van der Waals surface area contributed by atoms with Crippen molar-refractivity contribution in [2.24, 2.45) is 0 Å². The van der Waals surface area contributed by atoms with Crippen LogP contribution in [0.3, 0.4) is 0 Å². The number of benzene rings is 1. The Morgan fingerprint density at radius 1 is 1.12 bits per heavy atom. The van der Waals surface area contributed by atoms with E-state index >= 15 is 0 Å². The van der Waals surface area contributed by atoms with Crippen LogP contribution in [0.25, 0.3) is 0 Å². The summed E-state index contributed by atoms with van der Waals surface area (Å²) in [6, 6.07) is 6.09. The summed E-state index contributed by atoms with van der Waals surface area (Å²) >= 11 is 0. The molecule has 0 bridgehead atoms. The molecule has 34 heavy (non-hydrogen) atoms. The molecule has 1 aromatic carbocycles. The van der Waals surface area contributed by atoms with Crippen LogP contribution in [-0.2, 0) is 22.6 Å². The van der Waals surface area contributed by atoms with E-state index in [2.05, 4.69) is 20.2 Å². The minimum Gasteiger partial charge on any atom is -0.486 e. The number of rotatable bonds is 6. The van der Waals surface area contributed by atoms with Crippen LogP contribution < -0.4 is 14.5 Å². The Kier molecular flexibility index (Phi) is 6.34. The molecule has 1 fully saturated rings. The number of sulfone groups is 1. The van der Waals surface area contributed by atoms with Gasteiger partial charge >= 0.3 is 18.1 Å². The number of piperazine rings is 1. The van der Waals surface area contributed by atoms with Crippen LogP contribution in [0.1, 0.15) is 18.4 Å². The van der Waals surface area contributed by atoms with E-state index in [1.807, 2.05) is 11.8 Å². The Balaban J connectivity index is 1.33. The van der Waals surface area contributed by atoms with Gasteiger partial charge in [-0.2, -0.15) is 13.2 Å². The fraction of sp³-hybridized carbons (Fsp3) is 0.400. The summed E-state index contributed by atoms with van der Waals surface area (Å²) in [6.07, 6.45) is -0.483. The van der Waals surface area contributed by atoms with Gasteiger partial charge in [-0.3, -0.25) is 0 Å². The van der Waals surface area contributed by atoms with Crippen LogP contribution in [0.15, 0.2) is 46.0 Å². The lowest BCUT2D eigenvalue weighted by Gasteiger charge is -2.38. The predicted octanol–water partition coefficient (Wildman–Crippen LogP) is 2.58. The lowest BCUT2D eigenvalue weighted by Crippen LogP contribution is -2.52. The van der Waals surface area contributed by atoms with Crippen LogP contribution in [0, 0.1) is 0 Å². The number of nitrogens with zero attached hydrogens (tertiary/aromatic N) is 6. The molecular formula is C20H21F3N6O4S. The summed E-state index contributed by atoms with van der Waals surface area (Å²) in [5.41, 5.74) is 0.788. The van der Waals surface area contributed by atoms with Crippen LogP contribution in [0.5, 0.6) is 5.75 Å². The number of aromatic nitrogens is 4. The Morgan fingerprint density at radius 3 is 2.35 bits per heavy atom. The first-order valence-electron chi connectivity index (χ1n) is 10.2. The summed E-state index contributed by atoms with van der Waals surface area (Å²) in [6.45, 7) is 3.25. The monoisotopic (exact) mass is 498 g/mol. The molecule has 1 saturated heterocycles. The van der Waals surface area contributed by atoms with Gasteiger partial charge in [0.15, 0.2) is 15.6 Å². The van der Waals surface area contributed by atoms with Gasteiger partial charge in [-0.05, 0) is 24.6 Å². The first-order chi connectivity index (χ1) is 16.0. The van der Waals surface area contributed by atoms with Crippen molar-refractivity contribution < 1.29 is 30.7 Å². The van der Waals surface area contributed by atoms with E-state index in [-0.39, 0.29) is 23.6 Å². The van der Waals surface area contributed by atoms with Gasteiger partial charge in [0.05, 0.1) is 17.3 Å². The van der Waals surface area contributed by atoms with E-state index in [0.29, 0.717) is 31.3 Å². The highest BCUT2D eigenvalue weighted by Gasteiger charge is 2.39. The van der Waals surface area contributed by atoms with Gasteiger partial charge < -0.3 is 19.0 Å². The number of anilines is 2. The molecule has 0 saturated carbocycles. The van der Waals surface area contributed by atoms with Crippen molar-refractivity contribution in [2.75, 3.05) is 35.7 Å². The zero-order valence-corrected chi connectivity index (χ0v) is 19.0. The first kappa shape index (κ1) is 23.7. The van der Waals surface area contributed by atoms with E-state index in [1.165, 1.54) is 24.5 Å². The van der Waals surface area contributed by atoms with Crippen LogP contribution in [0.4, 0.5) is 25.1 Å². The Bertz CT molecular complexity index is 1230. The van der Waals surface area contributed by atoms with E-state index in [1.54, 1.807) is 17.0 Å². The van der Waals surface area contributed by atoms with Gasteiger partial charge in [-0.1, -0.05) is 17.2 Å². The third-order valence-electron chi connectivity index (χ3n) is 5.18. The molecule has 0 radical (unpaired) electrons. The molecule has 1 aliphatic rings. The number of halogens is 3. The van der Waals surface area contributed by atoms with Crippen molar-refractivity contribution in [1.29, 1.82) is 0 Å². The third kappa shape index (κ3) is 5.38. The highest BCUT2D eigenvalue weighted by molar-refractivity contribution is 7.90. The lowest BCUT2D eigenvalue weighted by molar-refractivity contribution is -0.157. The molecule has 1 aliphatic heterocycles. The van der Waals surface area contributed by atoms with E-state index in [0.717, 1.165) is 11.8 Å². The number of hydrogen-bond donors (Lipinski definition) is 0. The molecule has 0 aliphatic carbocycles. The molecule has 0 N–H and O–H groups in total. The van der Waals surface area contributed by atoms with Gasteiger partial charge in [-0.25, -0.2) is 18.4 Å². The maximum absolute atomic E-state index is 12.7. The Hall–Kier alpha value is -3.42. The molecule has 1 atom stereocenters. The molecule has 14 heteroatoms. The molecule has 10 nitrogen and oxygen atoms in total. The summed E-state index contributed by atoms with van der Waals surface area (Å²) in [5, 5.41) is 6.57. The van der Waals surface area contributed by atoms with E-state index in [4.69, 9.17) is 9.15 Å². The van der Waals surface area contributed by atoms with Crippen molar-refractivity contribution in [3.05, 3.63) is 48.1 Å². The highest BCUT2D eigenvalue weighted by atomic mass is 32.2. The third-order valence-corrected chi connectivity index (χ3v) is 6.31. The predicted molar refractivity (Wildman–Crippen MR) is 114 cm³/mol. The smallest absolute Gasteiger partial charge is 0.470 e. The molecule has 0 spiro atoms. The van der Waals surface area contributed by atoms with Crippen molar-refractivity contribution in [3.63, 3.8) is 0 Å². The largest absolute Gasteiger partial charge is 0.486 e. The highest BCUT2D eigenvalue weighted by Crippen LogP contribution is 2.30. The normalized spacial score (nSPS) is 17.1. The average Bonchev–Trinajstić information content (AvgIpc) is 3.29. The minimum atomic E-state index is -4.68. The summed E-state index contributed by atoms with van der Waals surface area (Å²) < 4.78 is 71.6. The molecule has 0 unspecified atom stereocenters. The van der Waals surface area contributed by atoms with E-state index in [9.17, 15) is 21.6 Å². The van der Waals surface area contributed by atoms with Gasteiger partial charge in [0.2, 0.25) is 5.95 Å². The van der Waals surface area contributed by atoms with Crippen molar-refractivity contribution in [3.8, 4) is 5.75 Å². The van der Waals surface area contributed by atoms with Crippen LogP contribution in [0.2, 0.25) is 0 Å². The second-order valence-electron chi connectivity index (χ2n) is 7.80. The Labute approximate surface area is 193 Å². The molecule has 3 aromatic rings. The fourth-order valence-electron chi connectivity index (χ4n) is 3.42. The zero-order chi connectivity index (χ0) is 24.5. The second kappa shape index (κ2) is 9.08. The molecule has 0 amide bonds. The van der Waals surface area contributed by atoms with Crippen molar-refractivity contribution in [1.82, 2.24) is 20.2 Å². The summed E-state index contributed by atoms with van der Waals surface area (Å²) in [4.78, 5) is 12.4. The summed E-state index contributed by atoms with van der Waals surface area (Å²) in [5.74, 6) is -0.478. The van der Waals surface area contributed by atoms with E-state index < -0.39 is 21.9 Å². The number of ether oxygens (including phenoxy) is 1. The molecule has 182 valence electrons. The topological polar surface area (TPSA) is 115 Å². The van der Waals surface area contributed by atoms with Gasteiger partial charge in [0.25, 0.3) is 0 Å². The molecule has 4 rings (SSSR count). The SMILES string of the molecule is C[C@@H]1CN(c2nnc(C(F)(F)F)o2)CCN1c1ncc(OCc2ccc(S(C)(=O)=O)cc2)cn1. The minimum absolute atomic E-state index is 0.130. The van der Waals surface area contributed by atoms with Crippen molar-refractivity contribution >= 4 is 21.8 Å². The molecule has 3 heterocycles. The first-order valence-corrected chi connectivity index (χ1v) is 12.1. The quantitative estimate of drug-likeness (QED) is 0.502. The standard InChI is InChI=1S/C20H21F3N6O4S/c1-13-11-28(19-27-26-17(33-19)20(21,22)23)7-8-29(13)18-24-9-15(10-25-18)32-12-14-3-5-16(6-4-14)34(2,30)31/h3-6,9-10,13H,7-8,11-12H2,1-2H3/t13-/m1/s1. The maximum Gasteiger partial charge on any atom is 0.470 e. The number of alkyl halides is 3. The molecular weight excluding hydrogens is 477 g/mol. The second-order valence-corrected chi connectivity index (χ2v) is 9.82. The van der Waals surface area contributed by atoms with Gasteiger partial charge in [0, 0.05) is 31.9 Å². The summed E-state index contributed by atoms with van der Waals surface area (Å²) in [7, 11) is -3.26. The fourth-order valence-corrected chi connectivity index (χ4v) is 4.05. The van der Waals surface area contributed by atoms with Crippen LogP contribution in [-0.4, -0.2) is 60.5 Å². The van der Waals surface area contributed by atoms with Gasteiger partial charge in [0.1, 0.15) is 6.61 Å². The number of hydrogen-bond acceptors (Lipinski definition) is 10. The van der Waals surface area contributed by atoms with Crippen molar-refractivity contribution in [2.45, 2.75) is 30.6 Å². The maximum atomic E-state index is 12.7.